The maximum atomic E-state index is 4.18. The van der Waals surface area contributed by atoms with Gasteiger partial charge >= 0.3 is 0 Å². The van der Waals surface area contributed by atoms with Crippen molar-refractivity contribution in [1.82, 2.24) is 0 Å². The Hall–Kier alpha value is -0.780. The van der Waals surface area contributed by atoms with Crippen LogP contribution in [0, 0.1) is 28.1 Å². The Morgan fingerprint density at radius 2 is 1.71 bits per heavy atom. The first kappa shape index (κ1) is 23.5. The van der Waals surface area contributed by atoms with Gasteiger partial charge in [-0.3, -0.25) is 0 Å². The van der Waals surface area contributed by atoms with E-state index >= 15 is 0 Å². The van der Waals surface area contributed by atoms with E-state index in [2.05, 4.69) is 75.0 Å². The van der Waals surface area contributed by atoms with Crippen molar-refractivity contribution < 1.29 is 0 Å². The summed E-state index contributed by atoms with van der Waals surface area (Å²) in [5.41, 5.74) is 7.81. The summed E-state index contributed by atoms with van der Waals surface area (Å²) in [5, 5.41) is 0. The Labute approximate surface area is 177 Å². The number of hydrogen-bond donors (Lipinski definition) is 0. The van der Waals surface area contributed by atoms with E-state index in [1.165, 1.54) is 62.5 Å². The lowest BCUT2D eigenvalue weighted by Gasteiger charge is -2.57. The van der Waals surface area contributed by atoms with E-state index in [1.807, 2.05) is 5.57 Å². The fraction of sp³-hybridized carbons (Fsp3) is 0.786. The quantitative estimate of drug-likeness (QED) is 0.454. The van der Waals surface area contributed by atoms with Crippen molar-refractivity contribution in [2.24, 2.45) is 28.1 Å². The SMILES string of the molecule is C=C(C)C1=CC2=C(CC1)C1(C)CCCC(C)(CC(C)C)C1CC2.CC(C)(C)C. The molecule has 0 aliphatic heterocycles. The summed E-state index contributed by atoms with van der Waals surface area (Å²) in [6.45, 7) is 25.1. The van der Waals surface area contributed by atoms with Crippen LogP contribution in [0.5, 0.6) is 0 Å². The Morgan fingerprint density at radius 3 is 2.25 bits per heavy atom. The summed E-state index contributed by atoms with van der Waals surface area (Å²) >= 11 is 0. The van der Waals surface area contributed by atoms with Crippen LogP contribution in [0.3, 0.4) is 0 Å². The third-order valence-electron chi connectivity index (χ3n) is 7.25. The van der Waals surface area contributed by atoms with Gasteiger partial charge in [0.05, 0.1) is 0 Å². The summed E-state index contributed by atoms with van der Waals surface area (Å²) < 4.78 is 0. The highest BCUT2D eigenvalue weighted by molar-refractivity contribution is 5.45. The van der Waals surface area contributed by atoms with E-state index in [4.69, 9.17) is 0 Å². The van der Waals surface area contributed by atoms with Crippen molar-refractivity contribution in [2.75, 3.05) is 0 Å². The molecule has 0 aromatic heterocycles. The van der Waals surface area contributed by atoms with Gasteiger partial charge in [0.15, 0.2) is 0 Å². The monoisotopic (exact) mass is 384 g/mol. The Bertz CT molecular complexity index is 629. The highest BCUT2D eigenvalue weighted by atomic mass is 14.6. The van der Waals surface area contributed by atoms with Gasteiger partial charge in [-0.2, -0.15) is 0 Å². The van der Waals surface area contributed by atoms with Crippen molar-refractivity contribution in [1.29, 1.82) is 0 Å². The molecule has 3 aliphatic carbocycles. The lowest BCUT2D eigenvalue weighted by molar-refractivity contribution is -0.0161. The Morgan fingerprint density at radius 1 is 1.11 bits per heavy atom. The highest BCUT2D eigenvalue weighted by Gasteiger charge is 2.52. The molecule has 28 heavy (non-hydrogen) atoms. The molecule has 0 aromatic rings. The van der Waals surface area contributed by atoms with E-state index < -0.39 is 0 Å². The molecule has 0 N–H and O–H groups in total. The van der Waals surface area contributed by atoms with Crippen LogP contribution >= 0.6 is 0 Å². The van der Waals surface area contributed by atoms with E-state index in [0.717, 1.165) is 11.8 Å². The molecule has 0 saturated heterocycles. The summed E-state index contributed by atoms with van der Waals surface area (Å²) in [6.07, 6.45) is 13.4. The lowest BCUT2D eigenvalue weighted by Crippen LogP contribution is -2.47. The minimum Gasteiger partial charge on any atom is -0.0958 e. The first-order valence-corrected chi connectivity index (χ1v) is 11.9. The third kappa shape index (κ3) is 5.43. The van der Waals surface area contributed by atoms with Gasteiger partial charge in [0.25, 0.3) is 0 Å². The van der Waals surface area contributed by atoms with Crippen LogP contribution < -0.4 is 0 Å². The first-order valence-electron chi connectivity index (χ1n) is 11.9. The van der Waals surface area contributed by atoms with Crippen LogP contribution in [0.15, 0.2) is 34.9 Å². The molecular weight excluding hydrogens is 336 g/mol. The number of allylic oxidation sites excluding steroid dienone is 5. The molecule has 0 bridgehead atoms. The summed E-state index contributed by atoms with van der Waals surface area (Å²) in [5.74, 6) is 1.71. The second kappa shape index (κ2) is 8.53. The molecule has 3 atom stereocenters. The molecule has 3 aliphatic rings. The fourth-order valence-corrected chi connectivity index (χ4v) is 6.48. The van der Waals surface area contributed by atoms with Crippen LogP contribution in [0.2, 0.25) is 0 Å². The molecule has 160 valence electrons. The molecular formula is C28H48. The standard InChI is InChI=1S/C23H36.C5H12/c1-16(2)15-22(5)12-7-13-23(6)20-10-8-18(17(3)4)14-19(20)9-11-21(22)23;1-5(2,3)4/h14,16,21H,3,7-13,15H2,1-2,4-6H3;1-4H3. The number of hydrogen-bond acceptors (Lipinski definition) is 0. The van der Waals surface area contributed by atoms with E-state index in [-0.39, 0.29) is 0 Å². The van der Waals surface area contributed by atoms with Crippen molar-refractivity contribution in [3.63, 3.8) is 0 Å². The zero-order valence-corrected chi connectivity index (χ0v) is 20.6. The second-order valence-corrected chi connectivity index (χ2v) is 12.6. The maximum absolute atomic E-state index is 4.18. The molecule has 3 unspecified atom stereocenters. The summed E-state index contributed by atoms with van der Waals surface area (Å²) in [4.78, 5) is 0. The molecule has 0 heterocycles. The largest absolute Gasteiger partial charge is 0.0958 e. The maximum Gasteiger partial charge on any atom is -0.00769 e. The van der Waals surface area contributed by atoms with Gasteiger partial charge < -0.3 is 0 Å². The van der Waals surface area contributed by atoms with Crippen molar-refractivity contribution in [3.8, 4) is 0 Å². The summed E-state index contributed by atoms with van der Waals surface area (Å²) in [7, 11) is 0. The zero-order chi connectivity index (χ0) is 21.3. The normalized spacial score (nSPS) is 32.8. The van der Waals surface area contributed by atoms with Crippen LogP contribution in [0.4, 0.5) is 0 Å². The predicted molar refractivity (Wildman–Crippen MR) is 127 cm³/mol. The molecule has 3 rings (SSSR count). The highest BCUT2D eigenvalue weighted by Crippen LogP contribution is 2.63. The minimum atomic E-state index is 0.465. The van der Waals surface area contributed by atoms with E-state index in [9.17, 15) is 0 Å². The third-order valence-corrected chi connectivity index (χ3v) is 7.25. The van der Waals surface area contributed by atoms with E-state index in [0.29, 0.717) is 16.2 Å². The molecule has 0 spiro atoms. The van der Waals surface area contributed by atoms with E-state index in [1.54, 1.807) is 5.57 Å². The van der Waals surface area contributed by atoms with Crippen LogP contribution in [0.25, 0.3) is 0 Å². The Kier molecular flexibility index (Phi) is 7.16. The topological polar surface area (TPSA) is 0 Å². The molecule has 0 heteroatoms. The predicted octanol–water partition coefficient (Wildman–Crippen LogP) is 9.28. The van der Waals surface area contributed by atoms with Gasteiger partial charge in [-0.05, 0) is 91.1 Å². The zero-order valence-electron chi connectivity index (χ0n) is 20.6. The smallest absolute Gasteiger partial charge is 0.00769 e. The lowest BCUT2D eigenvalue weighted by atomic mass is 9.47. The van der Waals surface area contributed by atoms with Crippen LogP contribution in [0.1, 0.15) is 114 Å². The average molecular weight is 385 g/mol. The molecule has 1 fully saturated rings. The second-order valence-electron chi connectivity index (χ2n) is 12.6. The molecule has 0 aromatic carbocycles. The van der Waals surface area contributed by atoms with Gasteiger partial charge in [0.1, 0.15) is 0 Å². The average Bonchev–Trinajstić information content (AvgIpc) is 2.51. The molecule has 0 radical (unpaired) electrons. The van der Waals surface area contributed by atoms with Gasteiger partial charge in [-0.25, -0.2) is 0 Å². The van der Waals surface area contributed by atoms with Crippen molar-refractivity contribution >= 4 is 0 Å². The molecule has 0 nitrogen and oxygen atoms in total. The van der Waals surface area contributed by atoms with Gasteiger partial charge in [-0.15, -0.1) is 0 Å². The van der Waals surface area contributed by atoms with Gasteiger partial charge in [-0.1, -0.05) is 85.6 Å². The van der Waals surface area contributed by atoms with Crippen LogP contribution in [-0.2, 0) is 0 Å². The number of rotatable bonds is 3. The Balaban J connectivity index is 0.000000500. The van der Waals surface area contributed by atoms with Crippen LogP contribution in [-0.4, -0.2) is 0 Å². The fourth-order valence-electron chi connectivity index (χ4n) is 6.48. The molecule has 0 amide bonds. The van der Waals surface area contributed by atoms with Gasteiger partial charge in [0.2, 0.25) is 0 Å². The van der Waals surface area contributed by atoms with Crippen molar-refractivity contribution in [2.45, 2.75) is 114 Å². The van der Waals surface area contributed by atoms with Crippen molar-refractivity contribution in [3.05, 3.63) is 34.9 Å². The molecule has 1 saturated carbocycles. The summed E-state index contributed by atoms with van der Waals surface area (Å²) in [6, 6.07) is 0. The number of fused-ring (bicyclic) bond motifs is 2. The minimum absolute atomic E-state index is 0.465. The van der Waals surface area contributed by atoms with Gasteiger partial charge in [0, 0.05) is 0 Å². The first-order chi connectivity index (χ1) is 12.8.